The molecule has 0 saturated heterocycles. The number of rotatable bonds is 14. The van der Waals surface area contributed by atoms with E-state index in [1.807, 2.05) is 68.4 Å². The number of carbonyl (C=O) groups is 2. The van der Waals surface area contributed by atoms with E-state index >= 15 is 0 Å². The smallest absolute Gasteiger partial charge is 0.243 e. The molecule has 3 aromatic carbocycles. The summed E-state index contributed by atoms with van der Waals surface area (Å²) in [5.74, 6) is -0.406. The number of amides is 2. The van der Waals surface area contributed by atoms with Crippen molar-refractivity contribution in [1.29, 1.82) is 0 Å². The van der Waals surface area contributed by atoms with Gasteiger partial charge in [0.1, 0.15) is 6.04 Å². The lowest BCUT2D eigenvalue weighted by molar-refractivity contribution is -0.141. The van der Waals surface area contributed by atoms with Gasteiger partial charge >= 0.3 is 0 Å². The maximum Gasteiger partial charge on any atom is 0.243 e. The molecule has 0 aromatic heterocycles. The lowest BCUT2D eigenvalue weighted by Crippen LogP contribution is -2.52. The molecule has 0 aliphatic rings. The molecule has 0 spiro atoms. The van der Waals surface area contributed by atoms with Gasteiger partial charge in [0.2, 0.25) is 21.8 Å². The van der Waals surface area contributed by atoms with Crippen LogP contribution in [0.3, 0.4) is 0 Å². The Kier molecular flexibility index (Phi) is 11.9. The first-order valence-corrected chi connectivity index (χ1v) is 15.7. The highest BCUT2D eigenvalue weighted by molar-refractivity contribution is 9.10. The third-order valence-electron chi connectivity index (χ3n) is 6.83. The molecule has 2 amide bonds. The summed E-state index contributed by atoms with van der Waals surface area (Å²) < 4.78 is 28.0. The predicted octanol–water partition coefficient (Wildman–Crippen LogP) is 5.40. The first kappa shape index (κ1) is 31.5. The topological polar surface area (TPSA) is 86.8 Å². The van der Waals surface area contributed by atoms with Gasteiger partial charge < -0.3 is 10.2 Å². The van der Waals surface area contributed by atoms with Crippen molar-refractivity contribution in [3.05, 3.63) is 101 Å². The first-order chi connectivity index (χ1) is 19.1. The number of nitrogens with zero attached hydrogens (tertiary/aromatic N) is 2. The SMILES string of the molecule is CC[C@@H](C)NC(=O)[C@@H](Cc1ccccc1)N(Cc1cccc(Br)c1)C(=O)CCCN(C)S(=O)(=O)c1ccccc1. The Hall–Kier alpha value is -3.01. The molecule has 3 rings (SSSR count). The Morgan fingerprint density at radius 1 is 0.925 bits per heavy atom. The number of sulfonamides is 1. The lowest BCUT2D eigenvalue weighted by atomic mass is 10.0. The molecule has 0 radical (unpaired) electrons. The number of nitrogens with one attached hydrogen (secondary N) is 1. The van der Waals surface area contributed by atoms with Gasteiger partial charge in [-0.2, -0.15) is 0 Å². The van der Waals surface area contributed by atoms with E-state index in [-0.39, 0.29) is 42.3 Å². The predicted molar refractivity (Wildman–Crippen MR) is 162 cm³/mol. The van der Waals surface area contributed by atoms with E-state index in [1.165, 1.54) is 11.4 Å². The standard InChI is InChI=1S/C31H38BrN3O4S/c1-4-24(2)33-31(37)29(22-25-13-7-5-8-14-25)35(23-26-15-11-16-27(32)21-26)30(36)19-12-20-34(3)40(38,39)28-17-9-6-10-18-28/h5-11,13-18,21,24,29H,4,12,19-20,22-23H2,1-3H3,(H,33,37)/t24-,29-/m1/s1. The highest BCUT2D eigenvalue weighted by atomic mass is 79.9. The van der Waals surface area contributed by atoms with Gasteiger partial charge in [-0.25, -0.2) is 12.7 Å². The van der Waals surface area contributed by atoms with Crippen molar-refractivity contribution in [2.24, 2.45) is 0 Å². The van der Waals surface area contributed by atoms with E-state index in [0.717, 1.165) is 22.0 Å². The first-order valence-electron chi connectivity index (χ1n) is 13.5. The summed E-state index contributed by atoms with van der Waals surface area (Å²) in [5.41, 5.74) is 1.84. The summed E-state index contributed by atoms with van der Waals surface area (Å²) in [6.45, 7) is 4.38. The zero-order chi connectivity index (χ0) is 29.1. The Morgan fingerprint density at radius 2 is 1.55 bits per heavy atom. The van der Waals surface area contributed by atoms with E-state index in [4.69, 9.17) is 0 Å². The molecule has 0 fully saturated rings. The molecule has 1 N–H and O–H groups in total. The van der Waals surface area contributed by atoms with E-state index in [1.54, 1.807) is 35.2 Å². The minimum atomic E-state index is -3.66. The Balaban J connectivity index is 1.83. The van der Waals surface area contributed by atoms with Crippen LogP contribution in [0.2, 0.25) is 0 Å². The van der Waals surface area contributed by atoms with Gasteiger partial charge in [0.05, 0.1) is 4.90 Å². The average molecular weight is 629 g/mol. The summed E-state index contributed by atoms with van der Waals surface area (Å²) in [6.07, 6.45) is 1.56. The van der Waals surface area contributed by atoms with Crippen LogP contribution >= 0.6 is 15.9 Å². The van der Waals surface area contributed by atoms with E-state index in [2.05, 4.69) is 21.2 Å². The van der Waals surface area contributed by atoms with Crippen LogP contribution in [0.4, 0.5) is 0 Å². The summed E-state index contributed by atoms with van der Waals surface area (Å²) >= 11 is 3.50. The molecule has 7 nitrogen and oxygen atoms in total. The number of halogens is 1. The maximum atomic E-state index is 13.8. The van der Waals surface area contributed by atoms with Crippen LogP contribution < -0.4 is 5.32 Å². The Morgan fingerprint density at radius 3 is 2.17 bits per heavy atom. The normalized spacial score (nSPS) is 13.0. The lowest BCUT2D eigenvalue weighted by Gasteiger charge is -2.32. The Bertz CT molecular complexity index is 1350. The van der Waals surface area contributed by atoms with Gasteiger partial charge in [0.25, 0.3) is 0 Å². The van der Waals surface area contributed by atoms with Gasteiger partial charge in [-0.1, -0.05) is 83.5 Å². The highest BCUT2D eigenvalue weighted by Gasteiger charge is 2.31. The van der Waals surface area contributed by atoms with Crippen molar-refractivity contribution in [3.8, 4) is 0 Å². The van der Waals surface area contributed by atoms with E-state index in [9.17, 15) is 18.0 Å². The molecule has 0 saturated carbocycles. The number of carbonyl (C=O) groups excluding carboxylic acids is 2. The largest absolute Gasteiger partial charge is 0.352 e. The number of hydrogen-bond acceptors (Lipinski definition) is 4. The summed E-state index contributed by atoms with van der Waals surface area (Å²) in [4.78, 5) is 29.2. The molecule has 0 aliphatic heterocycles. The van der Waals surface area contributed by atoms with Crippen molar-refractivity contribution in [2.45, 2.75) is 63.1 Å². The fourth-order valence-corrected chi connectivity index (χ4v) is 5.99. The maximum absolute atomic E-state index is 13.8. The minimum absolute atomic E-state index is 0.0366. The minimum Gasteiger partial charge on any atom is -0.352 e. The number of benzene rings is 3. The second-order valence-corrected chi connectivity index (χ2v) is 12.9. The van der Waals surface area contributed by atoms with Crippen molar-refractivity contribution in [2.75, 3.05) is 13.6 Å². The van der Waals surface area contributed by atoms with Gasteiger partial charge in [-0.3, -0.25) is 9.59 Å². The molecule has 214 valence electrons. The van der Waals surface area contributed by atoms with E-state index < -0.39 is 16.1 Å². The third-order valence-corrected chi connectivity index (χ3v) is 9.19. The van der Waals surface area contributed by atoms with E-state index in [0.29, 0.717) is 12.8 Å². The molecular weight excluding hydrogens is 590 g/mol. The van der Waals surface area contributed by atoms with Crippen LogP contribution in [0.1, 0.15) is 44.2 Å². The molecule has 0 bridgehead atoms. The van der Waals surface area contributed by atoms with Crippen LogP contribution in [0.15, 0.2) is 94.3 Å². The summed E-state index contributed by atoms with van der Waals surface area (Å²) in [5, 5.41) is 3.07. The third kappa shape index (κ3) is 9.01. The molecular formula is C31H38BrN3O4S. The quantitative estimate of drug-likeness (QED) is 0.259. The molecule has 0 aliphatic carbocycles. The van der Waals surface area contributed by atoms with Crippen LogP contribution in [0.5, 0.6) is 0 Å². The van der Waals surface area contributed by atoms with Crippen LogP contribution in [-0.2, 0) is 32.6 Å². The summed E-state index contributed by atoms with van der Waals surface area (Å²) in [6, 6.07) is 24.8. The van der Waals surface area contributed by atoms with Crippen molar-refractivity contribution >= 4 is 37.8 Å². The molecule has 40 heavy (non-hydrogen) atoms. The zero-order valence-corrected chi connectivity index (χ0v) is 25.7. The zero-order valence-electron chi connectivity index (χ0n) is 23.3. The molecule has 2 atom stereocenters. The second-order valence-electron chi connectivity index (χ2n) is 9.92. The summed E-state index contributed by atoms with van der Waals surface area (Å²) in [7, 11) is -2.14. The average Bonchev–Trinajstić information content (AvgIpc) is 2.95. The van der Waals surface area contributed by atoms with Crippen molar-refractivity contribution < 1.29 is 18.0 Å². The van der Waals surface area contributed by atoms with Crippen LogP contribution in [-0.4, -0.2) is 55.1 Å². The van der Waals surface area contributed by atoms with Crippen molar-refractivity contribution in [3.63, 3.8) is 0 Å². The van der Waals surface area contributed by atoms with Crippen molar-refractivity contribution in [1.82, 2.24) is 14.5 Å². The Labute approximate surface area is 246 Å². The molecule has 9 heteroatoms. The fourth-order valence-electron chi connectivity index (χ4n) is 4.32. The van der Waals surface area contributed by atoms with Crippen LogP contribution in [0, 0.1) is 0 Å². The molecule has 3 aromatic rings. The molecule has 0 heterocycles. The second kappa shape index (κ2) is 15.1. The number of hydrogen-bond donors (Lipinski definition) is 1. The van der Waals surface area contributed by atoms with Gasteiger partial charge in [0, 0.05) is 43.5 Å². The highest BCUT2D eigenvalue weighted by Crippen LogP contribution is 2.20. The van der Waals surface area contributed by atoms with Gasteiger partial charge in [-0.15, -0.1) is 0 Å². The van der Waals surface area contributed by atoms with Crippen LogP contribution in [0.25, 0.3) is 0 Å². The van der Waals surface area contributed by atoms with Gasteiger partial charge in [-0.05, 0) is 55.2 Å². The molecule has 0 unspecified atom stereocenters. The fraction of sp³-hybridized carbons (Fsp3) is 0.355. The monoisotopic (exact) mass is 627 g/mol. The van der Waals surface area contributed by atoms with Gasteiger partial charge in [0.15, 0.2) is 0 Å².